The van der Waals surface area contributed by atoms with Crippen LogP contribution < -0.4 is 10.5 Å². The number of rotatable bonds is 9. The van der Waals surface area contributed by atoms with Gasteiger partial charge in [-0.15, -0.1) is 0 Å². The lowest BCUT2D eigenvalue weighted by Crippen LogP contribution is -2.43. The SMILES string of the molecule is [C-]#[N+]/C(=C\C(C)(C)CO[Si](C)(C)C(C)(C)C)C(=O)N1CCC[C@@H](n2nc(-c3ccc(Oc4ccccc4)cc3)c3c(N)ncnc32)C1. The molecular formula is C36H45N7O3Si. The predicted molar refractivity (Wildman–Crippen MR) is 188 cm³/mol. The molecule has 1 saturated heterocycles. The molecule has 2 aromatic carbocycles. The monoisotopic (exact) mass is 651 g/mol. The van der Waals surface area contributed by atoms with Crippen molar-refractivity contribution in [3.63, 3.8) is 0 Å². The minimum absolute atomic E-state index is 0.0699. The number of nitrogens with two attached hydrogens (primary N) is 1. The number of nitrogens with zero attached hydrogens (tertiary/aromatic N) is 6. The number of ether oxygens (including phenoxy) is 1. The minimum atomic E-state index is -1.99. The van der Waals surface area contributed by atoms with Gasteiger partial charge in [0.15, 0.2) is 14.0 Å². The summed E-state index contributed by atoms with van der Waals surface area (Å²) in [5.74, 6) is 1.52. The van der Waals surface area contributed by atoms with E-state index in [-0.39, 0.29) is 22.7 Å². The van der Waals surface area contributed by atoms with Gasteiger partial charge in [0, 0.05) is 25.3 Å². The third kappa shape index (κ3) is 7.55. The fourth-order valence-electron chi connectivity index (χ4n) is 5.39. The summed E-state index contributed by atoms with van der Waals surface area (Å²) in [5.41, 5.74) is 8.15. The number of anilines is 1. The average Bonchev–Trinajstić information content (AvgIpc) is 3.44. The van der Waals surface area contributed by atoms with E-state index in [4.69, 9.17) is 26.6 Å². The highest BCUT2D eigenvalue weighted by molar-refractivity contribution is 6.74. The molecule has 0 unspecified atom stereocenters. The zero-order valence-corrected chi connectivity index (χ0v) is 29.4. The molecule has 1 aliphatic rings. The first-order valence-electron chi connectivity index (χ1n) is 16.0. The first-order valence-corrected chi connectivity index (χ1v) is 19.0. The van der Waals surface area contributed by atoms with Gasteiger partial charge in [-0.3, -0.25) is 4.79 Å². The summed E-state index contributed by atoms with van der Waals surface area (Å²) < 4.78 is 14.3. The second kappa shape index (κ2) is 13.3. The third-order valence-corrected chi connectivity index (χ3v) is 13.6. The Kier molecular flexibility index (Phi) is 9.57. The molecule has 5 rings (SSSR count). The normalized spacial score (nSPS) is 16.3. The van der Waals surface area contributed by atoms with Crippen LogP contribution in [0, 0.1) is 12.0 Å². The molecular weight excluding hydrogens is 607 g/mol. The Morgan fingerprint density at radius 1 is 1.06 bits per heavy atom. The van der Waals surface area contributed by atoms with Gasteiger partial charge in [-0.05, 0) is 72.8 Å². The highest BCUT2D eigenvalue weighted by atomic mass is 28.4. The van der Waals surface area contributed by atoms with Gasteiger partial charge in [0.1, 0.15) is 29.3 Å². The molecule has 4 aromatic rings. The second-order valence-electron chi connectivity index (χ2n) is 14.4. The summed E-state index contributed by atoms with van der Waals surface area (Å²) in [6.45, 7) is 24.3. The maximum atomic E-state index is 13.8. The maximum absolute atomic E-state index is 13.8. The number of carbonyl (C=O) groups excluding carboxylic acids is 1. The van der Waals surface area contributed by atoms with Crippen LogP contribution in [0.4, 0.5) is 5.82 Å². The van der Waals surface area contributed by atoms with Gasteiger partial charge in [-0.25, -0.2) is 19.5 Å². The molecule has 0 bridgehead atoms. The third-order valence-electron chi connectivity index (χ3n) is 9.13. The summed E-state index contributed by atoms with van der Waals surface area (Å²) in [7, 11) is -1.99. The fourth-order valence-corrected chi connectivity index (χ4v) is 6.56. The smallest absolute Gasteiger partial charge is 0.252 e. The van der Waals surface area contributed by atoms with Crippen molar-refractivity contribution in [2.75, 3.05) is 25.4 Å². The number of nitrogen functional groups attached to an aromatic ring is 1. The number of fused-ring (bicyclic) bond motifs is 1. The topological polar surface area (TPSA) is 113 Å². The molecule has 1 fully saturated rings. The summed E-state index contributed by atoms with van der Waals surface area (Å²) in [5, 5.41) is 5.75. The standard InChI is InChI=1S/C36H45N7O3Si/c1-35(2,3)47(7,8)45-23-36(4,5)21-29(38-6)34(44)42-20-12-13-26(22-42)43-33-30(32(37)39-24-40-33)31(41-43)25-16-18-28(19-17-25)46-27-14-10-9-11-15-27/h9-11,14-19,21,24,26H,12-13,20,22-23H2,1-5,7-8H3,(H2,37,39,40)/b29-21-/t26-/m1/s1. The van der Waals surface area contributed by atoms with Gasteiger partial charge < -0.3 is 19.8 Å². The second-order valence-corrected chi connectivity index (χ2v) is 19.2. The highest BCUT2D eigenvalue weighted by Gasteiger charge is 2.38. The van der Waals surface area contributed by atoms with Gasteiger partial charge in [-0.2, -0.15) is 5.10 Å². The number of piperidine rings is 1. The Morgan fingerprint density at radius 3 is 2.40 bits per heavy atom. The summed E-state index contributed by atoms with van der Waals surface area (Å²) in [6.07, 6.45) is 4.79. The molecule has 0 spiro atoms. The predicted octanol–water partition coefficient (Wildman–Crippen LogP) is 7.88. The van der Waals surface area contributed by atoms with Gasteiger partial charge >= 0.3 is 0 Å². The first-order chi connectivity index (χ1) is 22.2. The lowest BCUT2D eigenvalue weighted by Gasteiger charge is -2.38. The van der Waals surface area contributed by atoms with Crippen LogP contribution in [-0.2, 0) is 9.22 Å². The number of amides is 1. The van der Waals surface area contributed by atoms with Crippen LogP contribution in [0.15, 0.2) is 72.7 Å². The van der Waals surface area contributed by atoms with E-state index >= 15 is 0 Å². The molecule has 1 aliphatic heterocycles. The van der Waals surface area contributed by atoms with Gasteiger partial charge in [-0.1, -0.05) is 58.9 Å². The average molecular weight is 652 g/mol. The van der Waals surface area contributed by atoms with Crippen molar-refractivity contribution >= 4 is 31.1 Å². The van der Waals surface area contributed by atoms with Gasteiger partial charge in [0.25, 0.3) is 5.91 Å². The molecule has 0 aliphatic carbocycles. The number of para-hydroxylation sites is 1. The van der Waals surface area contributed by atoms with Crippen LogP contribution >= 0.6 is 0 Å². The molecule has 1 atom stereocenters. The van der Waals surface area contributed by atoms with E-state index in [2.05, 4.69) is 48.7 Å². The molecule has 3 heterocycles. The highest BCUT2D eigenvalue weighted by Crippen LogP contribution is 2.38. The molecule has 2 N–H and O–H groups in total. The van der Waals surface area contributed by atoms with Crippen molar-refractivity contribution in [1.82, 2.24) is 24.6 Å². The van der Waals surface area contributed by atoms with Crippen molar-refractivity contribution in [3.05, 3.63) is 84.1 Å². The van der Waals surface area contributed by atoms with Crippen LogP contribution in [0.1, 0.15) is 53.5 Å². The first kappa shape index (κ1) is 33.8. The number of carbonyl (C=O) groups is 1. The molecule has 0 radical (unpaired) electrons. The van der Waals surface area contributed by atoms with Crippen molar-refractivity contribution in [3.8, 4) is 22.8 Å². The van der Waals surface area contributed by atoms with Gasteiger partial charge in [0.2, 0.25) is 5.70 Å². The Morgan fingerprint density at radius 2 is 1.74 bits per heavy atom. The molecule has 47 heavy (non-hydrogen) atoms. The maximum Gasteiger partial charge on any atom is 0.252 e. The van der Waals surface area contributed by atoms with E-state index < -0.39 is 13.7 Å². The number of hydrogen-bond acceptors (Lipinski definition) is 7. The van der Waals surface area contributed by atoms with Crippen LogP contribution in [-0.4, -0.2) is 58.6 Å². The Hall–Kier alpha value is -4.53. The Balaban J connectivity index is 1.37. The van der Waals surface area contributed by atoms with Crippen LogP contribution in [0.25, 0.3) is 27.1 Å². The zero-order chi connectivity index (χ0) is 34.0. The molecule has 11 heteroatoms. The lowest BCUT2D eigenvalue weighted by atomic mass is 9.93. The number of likely N-dealkylation sites (tertiary alicyclic amines) is 1. The Bertz CT molecular complexity index is 1800. The van der Waals surface area contributed by atoms with Gasteiger partial charge in [0.05, 0.1) is 18.0 Å². The van der Waals surface area contributed by atoms with E-state index in [9.17, 15) is 4.79 Å². The van der Waals surface area contributed by atoms with E-state index in [1.165, 1.54) is 6.33 Å². The molecule has 2 aromatic heterocycles. The van der Waals surface area contributed by atoms with Crippen LogP contribution in [0.5, 0.6) is 11.5 Å². The van der Waals surface area contributed by atoms with E-state index in [0.717, 1.165) is 24.2 Å². The van der Waals surface area contributed by atoms with Crippen molar-refractivity contribution in [1.29, 1.82) is 0 Å². The molecule has 246 valence electrons. The van der Waals surface area contributed by atoms with E-state index in [1.807, 2.05) is 73.1 Å². The number of aromatic nitrogens is 4. The number of hydrogen-bond donors (Lipinski definition) is 1. The zero-order valence-electron chi connectivity index (χ0n) is 28.4. The summed E-state index contributed by atoms with van der Waals surface area (Å²) in [4.78, 5) is 28.1. The van der Waals surface area contributed by atoms with Crippen molar-refractivity contribution in [2.24, 2.45) is 5.41 Å². The quantitative estimate of drug-likeness (QED) is 0.111. The van der Waals surface area contributed by atoms with E-state index in [0.29, 0.717) is 48.0 Å². The van der Waals surface area contributed by atoms with Crippen molar-refractivity contribution < 1.29 is 14.0 Å². The molecule has 0 saturated carbocycles. The Labute approximate surface area is 278 Å². The summed E-state index contributed by atoms with van der Waals surface area (Å²) in [6, 6.07) is 17.1. The largest absolute Gasteiger partial charge is 0.457 e. The van der Waals surface area contributed by atoms with Crippen LogP contribution in [0.3, 0.4) is 0 Å². The lowest BCUT2D eigenvalue weighted by molar-refractivity contribution is -0.128. The summed E-state index contributed by atoms with van der Waals surface area (Å²) >= 11 is 0. The minimum Gasteiger partial charge on any atom is -0.457 e. The van der Waals surface area contributed by atoms with Crippen molar-refractivity contribution in [2.45, 2.75) is 71.6 Å². The molecule has 10 nitrogen and oxygen atoms in total. The number of benzene rings is 2. The van der Waals surface area contributed by atoms with E-state index in [1.54, 1.807) is 11.0 Å². The fraction of sp³-hybridized carbons (Fsp3) is 0.417. The molecule has 1 amide bonds. The van der Waals surface area contributed by atoms with Crippen LogP contribution in [0.2, 0.25) is 18.1 Å².